The molecular weight excluding hydrogens is 240 g/mol. The summed E-state index contributed by atoms with van der Waals surface area (Å²) in [4.78, 5) is 17.9. The Morgan fingerprint density at radius 1 is 1.16 bits per heavy atom. The first-order chi connectivity index (χ1) is 9.33. The van der Waals surface area contributed by atoms with Crippen LogP contribution in [0.15, 0.2) is 48.7 Å². The van der Waals surface area contributed by atoms with Crippen LogP contribution in [0.4, 0.5) is 4.79 Å². The Hall–Kier alpha value is -2.36. The average molecular weight is 254 g/mol. The first-order valence-electron chi connectivity index (χ1n) is 6.21. The van der Waals surface area contributed by atoms with Crippen LogP contribution in [0.2, 0.25) is 0 Å². The van der Waals surface area contributed by atoms with Crippen molar-refractivity contribution in [1.82, 2.24) is 9.88 Å². The van der Waals surface area contributed by atoms with E-state index < -0.39 is 0 Å². The zero-order valence-corrected chi connectivity index (χ0v) is 10.5. The number of fused-ring (bicyclic) bond motifs is 1. The summed E-state index contributed by atoms with van der Waals surface area (Å²) >= 11 is 0. The Labute approximate surface area is 111 Å². The number of hydrogen-bond donors (Lipinski definition) is 0. The molecular formula is C15H14N2O2. The smallest absolute Gasteiger partial charge is 0.410 e. The van der Waals surface area contributed by atoms with Crippen LogP contribution in [-0.2, 0) is 24.4 Å². The second kappa shape index (κ2) is 5.10. The molecule has 4 heteroatoms. The van der Waals surface area contributed by atoms with Gasteiger partial charge in [-0.15, -0.1) is 0 Å². The summed E-state index contributed by atoms with van der Waals surface area (Å²) in [6.07, 6.45) is 1.46. The van der Waals surface area contributed by atoms with Gasteiger partial charge in [0.1, 0.15) is 6.61 Å². The van der Waals surface area contributed by atoms with Crippen molar-refractivity contribution in [1.29, 1.82) is 0 Å². The summed E-state index contributed by atoms with van der Waals surface area (Å²) in [6, 6.07) is 13.6. The minimum absolute atomic E-state index is 0.290. The molecule has 1 aliphatic rings. The van der Waals surface area contributed by atoms with E-state index >= 15 is 0 Å². The molecule has 19 heavy (non-hydrogen) atoms. The summed E-state index contributed by atoms with van der Waals surface area (Å²) in [5, 5.41) is 0. The summed E-state index contributed by atoms with van der Waals surface area (Å²) < 4.78 is 5.30. The van der Waals surface area contributed by atoms with E-state index in [-0.39, 0.29) is 6.09 Å². The molecule has 0 unspecified atom stereocenters. The molecule has 0 aliphatic carbocycles. The van der Waals surface area contributed by atoms with Crippen molar-refractivity contribution in [3.05, 3.63) is 65.5 Å². The Kier molecular flexibility index (Phi) is 3.14. The highest BCUT2D eigenvalue weighted by Crippen LogP contribution is 2.20. The predicted molar refractivity (Wildman–Crippen MR) is 70.1 cm³/mol. The van der Waals surface area contributed by atoms with Gasteiger partial charge in [-0.2, -0.15) is 0 Å². The largest absolute Gasteiger partial charge is 0.445 e. The molecule has 4 nitrogen and oxygen atoms in total. The van der Waals surface area contributed by atoms with E-state index in [4.69, 9.17) is 4.74 Å². The van der Waals surface area contributed by atoms with Crippen LogP contribution in [0.1, 0.15) is 16.8 Å². The maximum absolute atomic E-state index is 12.0. The molecule has 2 heterocycles. The average Bonchev–Trinajstić information content (AvgIpc) is 2.90. The second-order valence-electron chi connectivity index (χ2n) is 4.51. The SMILES string of the molecule is O=C(OCc1ccccc1)N1Cc2cccnc2C1. The first-order valence-corrected chi connectivity index (χ1v) is 6.21. The fourth-order valence-electron chi connectivity index (χ4n) is 2.14. The summed E-state index contributed by atoms with van der Waals surface area (Å²) in [7, 11) is 0. The number of carbonyl (C=O) groups is 1. The van der Waals surface area contributed by atoms with E-state index in [2.05, 4.69) is 4.98 Å². The van der Waals surface area contributed by atoms with E-state index in [0.717, 1.165) is 16.8 Å². The molecule has 1 amide bonds. The van der Waals surface area contributed by atoms with E-state index in [1.807, 2.05) is 42.5 Å². The van der Waals surface area contributed by atoms with Crippen molar-refractivity contribution in [2.75, 3.05) is 0 Å². The highest BCUT2D eigenvalue weighted by atomic mass is 16.6. The topological polar surface area (TPSA) is 42.4 Å². The van der Waals surface area contributed by atoms with Crippen LogP contribution in [0.25, 0.3) is 0 Å². The number of nitrogens with zero attached hydrogens (tertiary/aromatic N) is 2. The molecule has 1 aromatic carbocycles. The van der Waals surface area contributed by atoms with E-state index in [9.17, 15) is 4.79 Å². The van der Waals surface area contributed by atoms with Gasteiger partial charge in [0.2, 0.25) is 0 Å². The molecule has 0 fully saturated rings. The molecule has 2 aromatic rings. The lowest BCUT2D eigenvalue weighted by Gasteiger charge is -2.14. The minimum Gasteiger partial charge on any atom is -0.445 e. The van der Waals surface area contributed by atoms with Gasteiger partial charge in [0.15, 0.2) is 0 Å². The third-order valence-electron chi connectivity index (χ3n) is 3.15. The number of ether oxygens (including phenoxy) is 1. The molecule has 0 spiro atoms. The van der Waals surface area contributed by atoms with Crippen LogP contribution >= 0.6 is 0 Å². The van der Waals surface area contributed by atoms with Crippen molar-refractivity contribution in [2.24, 2.45) is 0 Å². The number of carbonyl (C=O) groups excluding carboxylic acids is 1. The Morgan fingerprint density at radius 2 is 2.00 bits per heavy atom. The van der Waals surface area contributed by atoms with Crippen molar-refractivity contribution in [3.63, 3.8) is 0 Å². The number of amides is 1. The third-order valence-corrected chi connectivity index (χ3v) is 3.15. The van der Waals surface area contributed by atoms with Crippen molar-refractivity contribution in [2.45, 2.75) is 19.7 Å². The molecule has 1 aromatic heterocycles. The third kappa shape index (κ3) is 2.57. The minimum atomic E-state index is -0.290. The second-order valence-corrected chi connectivity index (χ2v) is 4.51. The van der Waals surface area contributed by atoms with Crippen LogP contribution in [-0.4, -0.2) is 16.0 Å². The zero-order valence-electron chi connectivity index (χ0n) is 10.5. The van der Waals surface area contributed by atoms with E-state index in [0.29, 0.717) is 19.7 Å². The van der Waals surface area contributed by atoms with Crippen LogP contribution < -0.4 is 0 Å². The van der Waals surface area contributed by atoms with Crippen molar-refractivity contribution in [3.8, 4) is 0 Å². The highest BCUT2D eigenvalue weighted by Gasteiger charge is 2.24. The summed E-state index contributed by atoms with van der Waals surface area (Å²) in [6.45, 7) is 1.42. The monoisotopic (exact) mass is 254 g/mol. The Bertz CT molecular complexity index is 559. The fraction of sp³-hybridized carbons (Fsp3) is 0.200. The van der Waals surface area contributed by atoms with Crippen molar-refractivity contribution >= 4 is 6.09 Å². The molecule has 0 atom stereocenters. The number of benzene rings is 1. The predicted octanol–water partition coefficient (Wildman–Crippen LogP) is 2.73. The van der Waals surface area contributed by atoms with Gasteiger partial charge in [0, 0.05) is 6.20 Å². The van der Waals surface area contributed by atoms with Gasteiger partial charge >= 0.3 is 6.09 Å². The number of hydrogen-bond acceptors (Lipinski definition) is 3. The van der Waals surface area contributed by atoms with Gasteiger partial charge in [-0.05, 0) is 17.2 Å². The van der Waals surface area contributed by atoms with Gasteiger partial charge in [0.05, 0.1) is 18.8 Å². The van der Waals surface area contributed by atoms with Gasteiger partial charge in [0.25, 0.3) is 0 Å². The number of rotatable bonds is 2. The quantitative estimate of drug-likeness (QED) is 0.827. The normalized spacial score (nSPS) is 13.2. The van der Waals surface area contributed by atoms with Crippen LogP contribution in [0, 0.1) is 0 Å². The lowest BCUT2D eigenvalue weighted by atomic mass is 10.2. The Balaban J connectivity index is 1.58. The van der Waals surface area contributed by atoms with Gasteiger partial charge < -0.3 is 4.74 Å². The number of pyridine rings is 1. The molecule has 3 rings (SSSR count). The van der Waals surface area contributed by atoms with Gasteiger partial charge in [-0.25, -0.2) is 4.79 Å². The molecule has 96 valence electrons. The Morgan fingerprint density at radius 3 is 2.79 bits per heavy atom. The molecule has 0 saturated carbocycles. The maximum Gasteiger partial charge on any atom is 0.410 e. The molecule has 0 radical (unpaired) electrons. The fourth-order valence-corrected chi connectivity index (χ4v) is 2.14. The molecule has 0 saturated heterocycles. The van der Waals surface area contributed by atoms with E-state index in [1.54, 1.807) is 11.1 Å². The lowest BCUT2D eigenvalue weighted by molar-refractivity contribution is 0.0953. The van der Waals surface area contributed by atoms with E-state index in [1.165, 1.54) is 0 Å². The first kappa shape index (κ1) is 11.7. The molecule has 0 N–H and O–H groups in total. The standard InChI is InChI=1S/C15H14N2O2/c18-15(19-11-12-5-2-1-3-6-12)17-9-13-7-4-8-16-14(13)10-17/h1-8H,9-11H2. The highest BCUT2D eigenvalue weighted by molar-refractivity contribution is 5.68. The van der Waals surface area contributed by atoms with Crippen molar-refractivity contribution < 1.29 is 9.53 Å². The van der Waals surface area contributed by atoms with Crippen LogP contribution in [0.3, 0.4) is 0 Å². The molecule has 0 bridgehead atoms. The maximum atomic E-state index is 12.0. The van der Waals surface area contributed by atoms with Gasteiger partial charge in [-0.3, -0.25) is 9.88 Å². The zero-order chi connectivity index (χ0) is 13.1. The summed E-state index contributed by atoms with van der Waals surface area (Å²) in [5.41, 5.74) is 3.05. The van der Waals surface area contributed by atoms with Crippen LogP contribution in [0.5, 0.6) is 0 Å². The molecule has 1 aliphatic heterocycles. The lowest BCUT2D eigenvalue weighted by Crippen LogP contribution is -2.26. The summed E-state index contributed by atoms with van der Waals surface area (Å²) in [5.74, 6) is 0. The van der Waals surface area contributed by atoms with Gasteiger partial charge in [-0.1, -0.05) is 36.4 Å². The number of aromatic nitrogens is 1.